The Morgan fingerprint density at radius 1 is 1.31 bits per heavy atom. The van der Waals surface area contributed by atoms with Crippen molar-refractivity contribution in [3.05, 3.63) is 36.0 Å². The molecular formula is C13H22. The highest BCUT2D eigenvalue weighted by Gasteiger charge is 1.92. The van der Waals surface area contributed by atoms with E-state index in [1.807, 2.05) is 6.08 Å². The second kappa shape index (κ2) is 7.85. The maximum atomic E-state index is 3.75. The number of rotatable bonds is 6. The first kappa shape index (κ1) is 12.2. The van der Waals surface area contributed by atoms with Crippen LogP contribution in [0.15, 0.2) is 36.0 Å². The van der Waals surface area contributed by atoms with E-state index >= 15 is 0 Å². The molecule has 0 fully saturated rings. The predicted molar refractivity (Wildman–Crippen MR) is 61.9 cm³/mol. The smallest absolute Gasteiger partial charge is 0.0142 e. The van der Waals surface area contributed by atoms with E-state index in [4.69, 9.17) is 0 Å². The average molecular weight is 178 g/mol. The van der Waals surface area contributed by atoms with Crippen molar-refractivity contribution in [2.24, 2.45) is 0 Å². The van der Waals surface area contributed by atoms with Crippen molar-refractivity contribution in [1.29, 1.82) is 0 Å². The summed E-state index contributed by atoms with van der Waals surface area (Å²) in [4.78, 5) is 0. The second-order valence-corrected chi connectivity index (χ2v) is 3.61. The van der Waals surface area contributed by atoms with Gasteiger partial charge in [0.05, 0.1) is 0 Å². The van der Waals surface area contributed by atoms with Gasteiger partial charge in [0.25, 0.3) is 0 Å². The van der Waals surface area contributed by atoms with Crippen molar-refractivity contribution in [3.63, 3.8) is 0 Å². The molecule has 0 rings (SSSR count). The first-order chi connectivity index (χ1) is 6.20. The zero-order chi connectivity index (χ0) is 10.1. The van der Waals surface area contributed by atoms with Gasteiger partial charge in [-0.05, 0) is 46.5 Å². The van der Waals surface area contributed by atoms with E-state index in [1.54, 1.807) is 0 Å². The van der Waals surface area contributed by atoms with Crippen molar-refractivity contribution in [3.8, 4) is 0 Å². The molecule has 0 amide bonds. The molecule has 74 valence electrons. The zero-order valence-corrected chi connectivity index (χ0v) is 9.27. The van der Waals surface area contributed by atoms with Crippen molar-refractivity contribution in [2.45, 2.75) is 46.5 Å². The summed E-state index contributed by atoms with van der Waals surface area (Å²) in [6.45, 7) is 10.2. The Hall–Kier alpha value is -0.780. The van der Waals surface area contributed by atoms with E-state index in [2.05, 4.69) is 39.5 Å². The molecule has 0 N–H and O–H groups in total. The Morgan fingerprint density at radius 3 is 2.46 bits per heavy atom. The molecule has 0 aromatic carbocycles. The topological polar surface area (TPSA) is 0 Å². The molecule has 0 aromatic heterocycles. The third kappa shape index (κ3) is 7.58. The lowest BCUT2D eigenvalue weighted by Gasteiger charge is -2.02. The molecular weight excluding hydrogens is 156 g/mol. The van der Waals surface area contributed by atoms with E-state index in [-0.39, 0.29) is 0 Å². The van der Waals surface area contributed by atoms with Crippen LogP contribution in [0.3, 0.4) is 0 Å². The van der Waals surface area contributed by atoms with Crippen LogP contribution in [0.1, 0.15) is 46.5 Å². The minimum atomic E-state index is 1.05. The van der Waals surface area contributed by atoms with Crippen molar-refractivity contribution < 1.29 is 0 Å². The summed E-state index contributed by atoms with van der Waals surface area (Å²) in [5.41, 5.74) is 2.93. The fraction of sp³-hybridized carbons (Fsp3) is 0.538. The molecule has 0 bridgehead atoms. The lowest BCUT2D eigenvalue weighted by molar-refractivity contribution is 0.811. The van der Waals surface area contributed by atoms with E-state index in [1.165, 1.54) is 30.4 Å². The van der Waals surface area contributed by atoms with Crippen LogP contribution in [0.25, 0.3) is 0 Å². The van der Waals surface area contributed by atoms with Gasteiger partial charge < -0.3 is 0 Å². The molecule has 0 atom stereocenters. The van der Waals surface area contributed by atoms with Crippen LogP contribution in [-0.2, 0) is 0 Å². The molecule has 0 saturated heterocycles. The Kier molecular flexibility index (Phi) is 7.38. The molecule has 0 radical (unpaired) electrons. The lowest BCUT2D eigenvalue weighted by atomic mass is 10.0. The molecule has 0 nitrogen and oxygen atoms in total. The summed E-state index contributed by atoms with van der Waals surface area (Å²) in [6.07, 6.45) is 11.2. The zero-order valence-electron chi connectivity index (χ0n) is 9.27. The van der Waals surface area contributed by atoms with E-state index in [0.29, 0.717) is 0 Å². The Bertz CT molecular complexity index is 190. The first-order valence-electron chi connectivity index (χ1n) is 5.09. The maximum absolute atomic E-state index is 3.75. The van der Waals surface area contributed by atoms with E-state index in [0.717, 1.165) is 6.42 Å². The standard InChI is InChI=1S/C13H22/c1-5-9-13(6-2)11-8-7-10-12(3)4/h5-6,10H,1,7-9,11H2,2-4H3/b13-6-. The molecule has 0 unspecified atom stereocenters. The third-order valence-electron chi connectivity index (χ3n) is 2.07. The minimum Gasteiger partial charge on any atom is -0.103 e. The average Bonchev–Trinajstić information content (AvgIpc) is 2.10. The molecule has 0 spiro atoms. The molecule has 0 heteroatoms. The van der Waals surface area contributed by atoms with Crippen LogP contribution >= 0.6 is 0 Å². The van der Waals surface area contributed by atoms with Gasteiger partial charge in [-0.1, -0.05) is 29.4 Å². The minimum absolute atomic E-state index is 1.05. The SMILES string of the molecule is C=CC/C(=C/C)CCCC=C(C)C. The normalized spacial score (nSPS) is 11.2. The van der Waals surface area contributed by atoms with Crippen LogP contribution in [-0.4, -0.2) is 0 Å². The number of unbranched alkanes of at least 4 members (excludes halogenated alkanes) is 1. The second-order valence-electron chi connectivity index (χ2n) is 3.61. The van der Waals surface area contributed by atoms with Gasteiger partial charge in [0.15, 0.2) is 0 Å². The van der Waals surface area contributed by atoms with Gasteiger partial charge in [0.2, 0.25) is 0 Å². The molecule has 0 aromatic rings. The number of allylic oxidation sites excluding steroid dienone is 5. The van der Waals surface area contributed by atoms with Gasteiger partial charge in [0.1, 0.15) is 0 Å². The predicted octanol–water partition coefficient (Wildman–Crippen LogP) is 4.65. The van der Waals surface area contributed by atoms with Crippen molar-refractivity contribution in [2.75, 3.05) is 0 Å². The van der Waals surface area contributed by atoms with Gasteiger partial charge in [-0.3, -0.25) is 0 Å². The van der Waals surface area contributed by atoms with E-state index in [9.17, 15) is 0 Å². The largest absolute Gasteiger partial charge is 0.103 e. The molecule has 0 aliphatic carbocycles. The van der Waals surface area contributed by atoms with Crippen LogP contribution in [0.5, 0.6) is 0 Å². The van der Waals surface area contributed by atoms with Gasteiger partial charge in [-0.2, -0.15) is 0 Å². The van der Waals surface area contributed by atoms with Crippen LogP contribution < -0.4 is 0 Å². The van der Waals surface area contributed by atoms with Gasteiger partial charge in [-0.25, -0.2) is 0 Å². The highest BCUT2D eigenvalue weighted by atomic mass is 14.0. The van der Waals surface area contributed by atoms with Crippen molar-refractivity contribution in [1.82, 2.24) is 0 Å². The summed E-state index contributed by atoms with van der Waals surface area (Å²) in [5, 5.41) is 0. The fourth-order valence-corrected chi connectivity index (χ4v) is 1.27. The molecule has 0 aliphatic heterocycles. The number of hydrogen-bond donors (Lipinski definition) is 0. The van der Waals surface area contributed by atoms with Crippen LogP contribution in [0.4, 0.5) is 0 Å². The summed E-state index contributed by atoms with van der Waals surface area (Å²) in [5.74, 6) is 0. The van der Waals surface area contributed by atoms with Gasteiger partial charge in [0, 0.05) is 0 Å². The summed E-state index contributed by atoms with van der Waals surface area (Å²) >= 11 is 0. The molecule has 13 heavy (non-hydrogen) atoms. The van der Waals surface area contributed by atoms with E-state index < -0.39 is 0 Å². The summed E-state index contributed by atoms with van der Waals surface area (Å²) < 4.78 is 0. The summed E-state index contributed by atoms with van der Waals surface area (Å²) in [7, 11) is 0. The first-order valence-corrected chi connectivity index (χ1v) is 5.09. The lowest BCUT2D eigenvalue weighted by Crippen LogP contribution is -1.82. The highest BCUT2D eigenvalue weighted by molar-refractivity contribution is 5.05. The summed E-state index contributed by atoms with van der Waals surface area (Å²) in [6, 6.07) is 0. The van der Waals surface area contributed by atoms with Gasteiger partial charge in [-0.15, -0.1) is 6.58 Å². The fourth-order valence-electron chi connectivity index (χ4n) is 1.27. The molecule has 0 heterocycles. The monoisotopic (exact) mass is 178 g/mol. The van der Waals surface area contributed by atoms with Crippen molar-refractivity contribution >= 4 is 0 Å². The van der Waals surface area contributed by atoms with Gasteiger partial charge >= 0.3 is 0 Å². The Morgan fingerprint density at radius 2 is 2.00 bits per heavy atom. The molecule has 0 aliphatic rings. The Labute approximate surface area is 83.0 Å². The number of hydrogen-bond acceptors (Lipinski definition) is 0. The third-order valence-corrected chi connectivity index (χ3v) is 2.07. The maximum Gasteiger partial charge on any atom is -0.0142 e. The Balaban J connectivity index is 3.62. The van der Waals surface area contributed by atoms with Crippen LogP contribution in [0.2, 0.25) is 0 Å². The molecule has 0 saturated carbocycles. The highest BCUT2D eigenvalue weighted by Crippen LogP contribution is 2.12. The quantitative estimate of drug-likeness (QED) is 0.410. The van der Waals surface area contributed by atoms with Crippen LogP contribution in [0, 0.1) is 0 Å².